The molecular weight excluding hydrogens is 296 g/mol. The van der Waals surface area contributed by atoms with Crippen LogP contribution in [0.5, 0.6) is 11.5 Å². The number of nitrogens with one attached hydrogen (secondary N) is 3. The van der Waals surface area contributed by atoms with Crippen LogP contribution in [-0.4, -0.2) is 47.8 Å². The predicted octanol–water partition coefficient (Wildman–Crippen LogP) is 0.475. The lowest BCUT2D eigenvalue weighted by atomic mass is 10.1. The van der Waals surface area contributed by atoms with E-state index in [4.69, 9.17) is 9.47 Å². The Labute approximate surface area is 134 Å². The summed E-state index contributed by atoms with van der Waals surface area (Å²) in [5.41, 5.74) is 3.08. The quantitative estimate of drug-likeness (QED) is 0.641. The molecule has 1 aromatic carbocycles. The van der Waals surface area contributed by atoms with Crippen molar-refractivity contribution in [3.8, 4) is 22.8 Å². The number of nitrogens with zero attached hydrogens (tertiary/aromatic N) is 1. The van der Waals surface area contributed by atoms with E-state index in [1.54, 1.807) is 0 Å². The van der Waals surface area contributed by atoms with Gasteiger partial charge in [0.1, 0.15) is 0 Å². The van der Waals surface area contributed by atoms with Gasteiger partial charge in [-0.3, -0.25) is 5.10 Å². The maximum atomic E-state index is 9.82. The number of ether oxygens (including phenoxy) is 2. The van der Waals surface area contributed by atoms with Crippen LogP contribution in [0, 0.1) is 5.92 Å². The van der Waals surface area contributed by atoms with Gasteiger partial charge in [0.2, 0.25) is 6.79 Å². The first-order chi connectivity index (χ1) is 11.3. The van der Waals surface area contributed by atoms with E-state index in [9.17, 15) is 5.11 Å². The van der Waals surface area contributed by atoms with Gasteiger partial charge in [-0.15, -0.1) is 0 Å². The van der Waals surface area contributed by atoms with Gasteiger partial charge >= 0.3 is 0 Å². The summed E-state index contributed by atoms with van der Waals surface area (Å²) in [5.74, 6) is 1.79. The maximum absolute atomic E-state index is 9.82. The van der Waals surface area contributed by atoms with Crippen LogP contribution >= 0.6 is 0 Å². The van der Waals surface area contributed by atoms with Gasteiger partial charge in [0.15, 0.2) is 11.5 Å². The molecule has 4 N–H and O–H groups in total. The Morgan fingerprint density at radius 3 is 3.04 bits per heavy atom. The number of β-amino-alcohol motifs (C(OH)–C–C–N with tert-alkyl or cyclic N) is 1. The Morgan fingerprint density at radius 1 is 1.26 bits per heavy atom. The van der Waals surface area contributed by atoms with Crippen molar-refractivity contribution in [2.24, 2.45) is 5.92 Å². The van der Waals surface area contributed by atoms with Crippen molar-refractivity contribution in [1.29, 1.82) is 0 Å². The van der Waals surface area contributed by atoms with Crippen LogP contribution in [-0.2, 0) is 6.54 Å². The molecule has 2 atom stereocenters. The highest BCUT2D eigenvalue weighted by molar-refractivity contribution is 5.66. The second kappa shape index (κ2) is 6.19. The molecule has 122 valence electrons. The van der Waals surface area contributed by atoms with Crippen molar-refractivity contribution in [3.63, 3.8) is 0 Å². The van der Waals surface area contributed by atoms with Crippen LogP contribution < -0.4 is 20.1 Å². The molecule has 7 nitrogen and oxygen atoms in total. The fourth-order valence-electron chi connectivity index (χ4n) is 3.07. The third-order valence-electron chi connectivity index (χ3n) is 4.41. The lowest BCUT2D eigenvalue weighted by Gasteiger charge is -2.14. The summed E-state index contributed by atoms with van der Waals surface area (Å²) in [5, 5.41) is 23.6. The minimum Gasteiger partial charge on any atom is -0.454 e. The maximum Gasteiger partial charge on any atom is 0.231 e. The zero-order chi connectivity index (χ0) is 15.6. The van der Waals surface area contributed by atoms with E-state index in [0.717, 1.165) is 41.4 Å². The number of aromatic amines is 1. The smallest absolute Gasteiger partial charge is 0.231 e. The van der Waals surface area contributed by atoms with E-state index in [0.29, 0.717) is 13.1 Å². The Bertz CT molecular complexity index is 688. The highest BCUT2D eigenvalue weighted by Crippen LogP contribution is 2.36. The summed E-state index contributed by atoms with van der Waals surface area (Å²) < 4.78 is 10.8. The Balaban J connectivity index is 1.44. The summed E-state index contributed by atoms with van der Waals surface area (Å²) in [6.45, 7) is 3.28. The fraction of sp³-hybridized carbons (Fsp3) is 0.438. The SMILES string of the molecule is OC1CNCC1CNCc1cn[nH]c1-c1ccc2c(c1)OCO2. The number of aliphatic hydroxyl groups excluding tert-OH is 1. The Hall–Kier alpha value is -2.09. The van der Waals surface area contributed by atoms with Crippen molar-refractivity contribution < 1.29 is 14.6 Å². The zero-order valence-electron chi connectivity index (χ0n) is 12.7. The van der Waals surface area contributed by atoms with Crippen LogP contribution in [0.2, 0.25) is 0 Å². The largest absolute Gasteiger partial charge is 0.454 e. The minimum atomic E-state index is -0.264. The molecule has 0 aliphatic carbocycles. The van der Waals surface area contributed by atoms with Crippen LogP contribution in [0.15, 0.2) is 24.4 Å². The molecule has 2 aromatic rings. The minimum absolute atomic E-state index is 0.260. The van der Waals surface area contributed by atoms with Gasteiger partial charge in [-0.2, -0.15) is 5.10 Å². The molecule has 4 rings (SSSR count). The number of benzene rings is 1. The first-order valence-electron chi connectivity index (χ1n) is 7.83. The van der Waals surface area contributed by atoms with Gasteiger partial charge in [0.05, 0.1) is 18.0 Å². The molecule has 0 spiro atoms. The second-order valence-corrected chi connectivity index (χ2v) is 5.95. The topological polar surface area (TPSA) is 91.4 Å². The van der Waals surface area contributed by atoms with Crippen molar-refractivity contribution in [1.82, 2.24) is 20.8 Å². The third-order valence-corrected chi connectivity index (χ3v) is 4.41. The molecule has 2 aliphatic rings. The average Bonchev–Trinajstić information content (AvgIpc) is 3.28. The highest BCUT2D eigenvalue weighted by Gasteiger charge is 2.24. The number of hydrogen-bond donors (Lipinski definition) is 4. The van der Waals surface area contributed by atoms with Crippen molar-refractivity contribution in [2.45, 2.75) is 12.6 Å². The first kappa shape index (κ1) is 14.5. The van der Waals surface area contributed by atoms with E-state index in [1.807, 2.05) is 24.4 Å². The fourth-order valence-corrected chi connectivity index (χ4v) is 3.07. The van der Waals surface area contributed by atoms with E-state index in [2.05, 4.69) is 20.8 Å². The highest BCUT2D eigenvalue weighted by atomic mass is 16.7. The van der Waals surface area contributed by atoms with Crippen LogP contribution in [0.4, 0.5) is 0 Å². The average molecular weight is 316 g/mol. The van der Waals surface area contributed by atoms with E-state index < -0.39 is 0 Å². The number of rotatable bonds is 5. The van der Waals surface area contributed by atoms with Gasteiger partial charge in [0, 0.05) is 43.2 Å². The number of hydrogen-bond acceptors (Lipinski definition) is 6. The molecule has 0 amide bonds. The monoisotopic (exact) mass is 316 g/mol. The van der Waals surface area contributed by atoms with Crippen molar-refractivity contribution in [2.75, 3.05) is 26.4 Å². The van der Waals surface area contributed by atoms with Gasteiger partial charge in [-0.25, -0.2) is 0 Å². The van der Waals surface area contributed by atoms with E-state index in [1.165, 1.54) is 0 Å². The molecule has 1 saturated heterocycles. The Morgan fingerprint density at radius 2 is 2.17 bits per heavy atom. The third kappa shape index (κ3) is 2.90. The first-order valence-corrected chi connectivity index (χ1v) is 7.83. The van der Waals surface area contributed by atoms with Crippen LogP contribution in [0.3, 0.4) is 0 Å². The molecule has 2 aliphatic heterocycles. The molecule has 23 heavy (non-hydrogen) atoms. The number of aliphatic hydroxyl groups is 1. The number of H-pyrrole nitrogens is 1. The standard InChI is InChI=1S/C16H20N4O3/c21-13-8-18-5-11(13)4-17-6-12-7-19-20-16(12)10-1-2-14-15(3-10)23-9-22-14/h1-3,7,11,13,17-18,21H,4-6,8-9H2,(H,19,20). The summed E-state index contributed by atoms with van der Waals surface area (Å²) in [6, 6.07) is 5.87. The molecule has 3 heterocycles. The van der Waals surface area contributed by atoms with Gasteiger partial charge in [-0.1, -0.05) is 0 Å². The lowest BCUT2D eigenvalue weighted by Crippen LogP contribution is -2.30. The van der Waals surface area contributed by atoms with Gasteiger partial charge in [-0.05, 0) is 18.2 Å². The lowest BCUT2D eigenvalue weighted by molar-refractivity contribution is 0.146. The number of aromatic nitrogens is 2. The normalized spacial score (nSPS) is 22.7. The summed E-state index contributed by atoms with van der Waals surface area (Å²) in [4.78, 5) is 0. The summed E-state index contributed by atoms with van der Waals surface area (Å²) in [6.07, 6.45) is 1.57. The molecule has 2 unspecified atom stereocenters. The molecular formula is C16H20N4O3. The van der Waals surface area contributed by atoms with Gasteiger partial charge < -0.3 is 25.2 Å². The molecule has 1 aromatic heterocycles. The second-order valence-electron chi connectivity index (χ2n) is 5.95. The summed E-state index contributed by atoms with van der Waals surface area (Å²) in [7, 11) is 0. The van der Waals surface area contributed by atoms with Crippen LogP contribution in [0.25, 0.3) is 11.3 Å². The summed E-state index contributed by atoms with van der Waals surface area (Å²) >= 11 is 0. The number of fused-ring (bicyclic) bond motifs is 1. The molecule has 7 heteroatoms. The molecule has 0 radical (unpaired) electrons. The zero-order valence-corrected chi connectivity index (χ0v) is 12.7. The van der Waals surface area contributed by atoms with E-state index >= 15 is 0 Å². The Kier molecular flexibility index (Phi) is 3.90. The van der Waals surface area contributed by atoms with Gasteiger partial charge in [0.25, 0.3) is 0 Å². The molecule has 1 fully saturated rings. The molecule has 0 bridgehead atoms. The van der Waals surface area contributed by atoms with Crippen molar-refractivity contribution >= 4 is 0 Å². The van der Waals surface area contributed by atoms with Crippen LogP contribution in [0.1, 0.15) is 5.56 Å². The molecule has 0 saturated carbocycles. The predicted molar refractivity (Wildman–Crippen MR) is 84.2 cm³/mol. The van der Waals surface area contributed by atoms with E-state index in [-0.39, 0.29) is 18.8 Å². The van der Waals surface area contributed by atoms with Crippen molar-refractivity contribution in [3.05, 3.63) is 30.0 Å².